The average molecular weight is 265 g/mol. The Morgan fingerprint density at radius 3 is 2.39 bits per heavy atom. The molecule has 0 spiro atoms. The van der Waals surface area contributed by atoms with Crippen LogP contribution in [0.3, 0.4) is 0 Å². The van der Waals surface area contributed by atoms with Gasteiger partial charge in [0.2, 0.25) is 0 Å². The topological polar surface area (TPSA) is 73.3 Å². The maximum Gasteiger partial charge on any atom is 0.175 e. The van der Waals surface area contributed by atoms with Crippen LogP contribution in [0, 0.1) is 0 Å². The van der Waals surface area contributed by atoms with Crippen molar-refractivity contribution in [2.75, 3.05) is 6.26 Å². The number of nitrogens with two attached hydrogens (primary N) is 1. The van der Waals surface area contributed by atoms with Gasteiger partial charge < -0.3 is 10.2 Å². The maximum absolute atomic E-state index is 11.3. The van der Waals surface area contributed by atoms with Gasteiger partial charge in [-0.25, -0.2) is 8.42 Å². The van der Waals surface area contributed by atoms with E-state index in [4.69, 9.17) is 10.2 Å². The van der Waals surface area contributed by atoms with Gasteiger partial charge in [-0.05, 0) is 35.7 Å². The minimum absolute atomic E-state index is 0.170. The summed E-state index contributed by atoms with van der Waals surface area (Å²) in [6, 6.07) is 8.36. The van der Waals surface area contributed by atoms with Gasteiger partial charge in [0.15, 0.2) is 9.84 Å². The van der Waals surface area contributed by atoms with Crippen LogP contribution in [-0.2, 0) is 16.3 Å². The lowest BCUT2D eigenvalue weighted by molar-refractivity contribution is 0.561. The average Bonchev–Trinajstić information content (AvgIpc) is 2.81. The standard InChI is InChI=1S/C13H15NO3S/c1-18(15,16)12-4-2-11(3-5-12)13(14)8-10-6-7-17-9-10/h2-7,9,13H,8,14H2,1H3. The van der Waals surface area contributed by atoms with Crippen LogP contribution in [0.1, 0.15) is 17.2 Å². The van der Waals surface area contributed by atoms with Gasteiger partial charge in [-0.3, -0.25) is 0 Å². The lowest BCUT2D eigenvalue weighted by atomic mass is 10.0. The SMILES string of the molecule is CS(=O)(=O)c1ccc(C(N)Cc2ccoc2)cc1. The smallest absolute Gasteiger partial charge is 0.175 e. The maximum atomic E-state index is 11.3. The first-order valence-electron chi connectivity index (χ1n) is 5.53. The molecule has 0 amide bonds. The molecule has 1 aromatic carbocycles. The molecule has 1 atom stereocenters. The van der Waals surface area contributed by atoms with Crippen LogP contribution < -0.4 is 5.73 Å². The molecule has 1 unspecified atom stereocenters. The van der Waals surface area contributed by atoms with E-state index >= 15 is 0 Å². The molecule has 4 nitrogen and oxygen atoms in total. The van der Waals surface area contributed by atoms with Gasteiger partial charge in [0.25, 0.3) is 0 Å². The third-order valence-electron chi connectivity index (χ3n) is 2.77. The van der Waals surface area contributed by atoms with E-state index < -0.39 is 9.84 Å². The van der Waals surface area contributed by atoms with Crippen LogP contribution in [0.4, 0.5) is 0 Å². The molecule has 2 N–H and O–H groups in total. The van der Waals surface area contributed by atoms with Gasteiger partial charge in [0, 0.05) is 12.3 Å². The molecule has 96 valence electrons. The van der Waals surface area contributed by atoms with Gasteiger partial charge in [0.1, 0.15) is 0 Å². The Hall–Kier alpha value is -1.59. The highest BCUT2D eigenvalue weighted by atomic mass is 32.2. The molecule has 2 rings (SSSR count). The summed E-state index contributed by atoms with van der Waals surface area (Å²) in [5.74, 6) is 0. The summed E-state index contributed by atoms with van der Waals surface area (Å²) >= 11 is 0. The zero-order chi connectivity index (χ0) is 13.2. The Morgan fingerprint density at radius 2 is 1.89 bits per heavy atom. The van der Waals surface area contributed by atoms with Crippen molar-refractivity contribution in [3.63, 3.8) is 0 Å². The Bertz CT molecular complexity index is 600. The highest BCUT2D eigenvalue weighted by molar-refractivity contribution is 7.90. The van der Waals surface area contributed by atoms with E-state index in [1.165, 1.54) is 6.26 Å². The normalized spacial score (nSPS) is 13.4. The molecule has 0 aliphatic carbocycles. The zero-order valence-corrected chi connectivity index (χ0v) is 10.9. The van der Waals surface area contributed by atoms with Crippen molar-refractivity contribution in [2.24, 2.45) is 5.73 Å². The molecular formula is C13H15NO3S. The number of sulfone groups is 1. The van der Waals surface area contributed by atoms with Crippen molar-refractivity contribution in [1.29, 1.82) is 0 Å². The van der Waals surface area contributed by atoms with E-state index in [0.29, 0.717) is 11.3 Å². The Labute approximate surface area is 106 Å². The molecule has 2 aromatic rings. The van der Waals surface area contributed by atoms with Gasteiger partial charge in [-0.2, -0.15) is 0 Å². The second-order valence-electron chi connectivity index (χ2n) is 4.28. The fraction of sp³-hybridized carbons (Fsp3) is 0.231. The highest BCUT2D eigenvalue weighted by Crippen LogP contribution is 2.18. The fourth-order valence-corrected chi connectivity index (χ4v) is 2.37. The fourth-order valence-electron chi connectivity index (χ4n) is 1.74. The Kier molecular flexibility index (Phi) is 3.54. The molecule has 0 saturated carbocycles. The summed E-state index contributed by atoms with van der Waals surface area (Å²) in [5.41, 5.74) is 7.98. The largest absolute Gasteiger partial charge is 0.472 e. The first-order valence-corrected chi connectivity index (χ1v) is 7.42. The van der Waals surface area contributed by atoms with Crippen LogP contribution in [-0.4, -0.2) is 14.7 Å². The third kappa shape index (κ3) is 3.00. The molecule has 0 fully saturated rings. The Morgan fingerprint density at radius 1 is 1.22 bits per heavy atom. The summed E-state index contributed by atoms with van der Waals surface area (Å²) in [7, 11) is -3.15. The van der Waals surface area contributed by atoms with Crippen molar-refractivity contribution >= 4 is 9.84 Å². The van der Waals surface area contributed by atoms with E-state index in [2.05, 4.69) is 0 Å². The lowest BCUT2D eigenvalue weighted by Crippen LogP contribution is -2.13. The number of rotatable bonds is 4. The van der Waals surface area contributed by atoms with E-state index in [0.717, 1.165) is 11.1 Å². The summed E-state index contributed by atoms with van der Waals surface area (Å²) in [6.07, 6.45) is 5.11. The van der Waals surface area contributed by atoms with Crippen LogP contribution in [0.2, 0.25) is 0 Å². The number of hydrogen-bond acceptors (Lipinski definition) is 4. The second kappa shape index (κ2) is 4.96. The predicted molar refractivity (Wildman–Crippen MR) is 68.9 cm³/mol. The number of benzene rings is 1. The molecule has 5 heteroatoms. The van der Waals surface area contributed by atoms with Crippen molar-refractivity contribution < 1.29 is 12.8 Å². The zero-order valence-electron chi connectivity index (χ0n) is 10.0. The van der Waals surface area contributed by atoms with Crippen molar-refractivity contribution in [3.05, 3.63) is 54.0 Å². The van der Waals surface area contributed by atoms with Crippen LogP contribution in [0.25, 0.3) is 0 Å². The number of furan rings is 1. The molecule has 1 heterocycles. The van der Waals surface area contributed by atoms with E-state index in [1.54, 1.807) is 36.8 Å². The van der Waals surface area contributed by atoms with Gasteiger partial charge in [0.05, 0.1) is 17.4 Å². The Balaban J connectivity index is 2.14. The van der Waals surface area contributed by atoms with E-state index in [-0.39, 0.29) is 6.04 Å². The van der Waals surface area contributed by atoms with Crippen LogP contribution in [0.5, 0.6) is 0 Å². The third-order valence-corrected chi connectivity index (χ3v) is 3.90. The second-order valence-corrected chi connectivity index (χ2v) is 6.30. The minimum Gasteiger partial charge on any atom is -0.472 e. The monoisotopic (exact) mass is 265 g/mol. The van der Waals surface area contributed by atoms with Crippen molar-refractivity contribution in [2.45, 2.75) is 17.4 Å². The van der Waals surface area contributed by atoms with Gasteiger partial charge in [-0.1, -0.05) is 12.1 Å². The molecule has 18 heavy (non-hydrogen) atoms. The molecule has 0 saturated heterocycles. The van der Waals surface area contributed by atoms with E-state index in [1.807, 2.05) is 6.07 Å². The summed E-state index contributed by atoms with van der Waals surface area (Å²) in [4.78, 5) is 0.307. The molecule has 0 aliphatic rings. The summed E-state index contributed by atoms with van der Waals surface area (Å²) < 4.78 is 27.6. The molecular weight excluding hydrogens is 250 g/mol. The quantitative estimate of drug-likeness (QED) is 0.916. The van der Waals surface area contributed by atoms with Gasteiger partial charge >= 0.3 is 0 Å². The lowest BCUT2D eigenvalue weighted by Gasteiger charge is -2.11. The first-order chi connectivity index (χ1) is 8.47. The predicted octanol–water partition coefficient (Wildman–Crippen LogP) is 1.93. The van der Waals surface area contributed by atoms with Crippen molar-refractivity contribution in [1.82, 2.24) is 0 Å². The number of hydrogen-bond donors (Lipinski definition) is 1. The molecule has 0 bridgehead atoms. The van der Waals surface area contributed by atoms with Gasteiger partial charge in [-0.15, -0.1) is 0 Å². The molecule has 0 radical (unpaired) electrons. The van der Waals surface area contributed by atoms with E-state index in [9.17, 15) is 8.42 Å². The summed E-state index contributed by atoms with van der Waals surface area (Å²) in [6.45, 7) is 0. The van der Waals surface area contributed by atoms with Crippen LogP contribution in [0.15, 0.2) is 52.2 Å². The molecule has 1 aromatic heterocycles. The molecule has 0 aliphatic heterocycles. The highest BCUT2D eigenvalue weighted by Gasteiger charge is 2.10. The van der Waals surface area contributed by atoms with Crippen molar-refractivity contribution in [3.8, 4) is 0 Å². The summed E-state index contributed by atoms with van der Waals surface area (Å²) in [5, 5.41) is 0. The van der Waals surface area contributed by atoms with Crippen LogP contribution >= 0.6 is 0 Å². The first kappa shape index (κ1) is 12.9. The minimum atomic E-state index is -3.15.